The number of nitrogens with zero attached hydrogens (tertiary/aromatic N) is 2. The summed E-state index contributed by atoms with van der Waals surface area (Å²) < 4.78 is 20.1. The van der Waals surface area contributed by atoms with E-state index in [1.165, 1.54) is 11.8 Å². The van der Waals surface area contributed by atoms with E-state index in [1.54, 1.807) is 12.1 Å². The Kier molecular flexibility index (Phi) is 11.0. The minimum Gasteiger partial charge on any atom is -0.481 e. The van der Waals surface area contributed by atoms with E-state index in [2.05, 4.69) is 47.5 Å². The van der Waals surface area contributed by atoms with Crippen LogP contribution < -0.4 is 15.4 Å². The van der Waals surface area contributed by atoms with E-state index in [0.717, 1.165) is 58.4 Å². The van der Waals surface area contributed by atoms with Crippen molar-refractivity contribution in [1.82, 2.24) is 20.4 Å². The van der Waals surface area contributed by atoms with Crippen molar-refractivity contribution in [1.29, 1.82) is 0 Å². The summed E-state index contributed by atoms with van der Waals surface area (Å²) in [4.78, 5) is 15.3. The largest absolute Gasteiger partial charge is 0.481 e. The molecule has 2 N–H and O–H groups in total. The smallest absolute Gasteiger partial charge is 0.165 e. The number of carbonyl (C=O) groups excluding carboxylic acids is 1. The van der Waals surface area contributed by atoms with Gasteiger partial charge in [0.1, 0.15) is 12.4 Å². The number of piperidine rings is 1. The second-order valence-corrected chi connectivity index (χ2v) is 8.32. The van der Waals surface area contributed by atoms with Crippen LogP contribution in [0.5, 0.6) is 5.75 Å². The molecule has 2 heterocycles. The molecule has 1 unspecified atom stereocenters. The molecule has 1 atom stereocenters. The standard InChI is InChI=1S/C19H25FN2O2.C5H14N2/c1-2-3-17-19(8-11-22(17)15-6-9-21-10-7-15)24-18-5-4-14(13-23)12-16(18)20;1-6-4-5-7(2)3/h3-5,12-13,15,19,21H,2,6-11H2,1H3;6H,4-5H2,1-3H3/b17-3+;. The second-order valence-electron chi connectivity index (χ2n) is 8.32. The van der Waals surface area contributed by atoms with Crippen LogP contribution in [0, 0.1) is 5.82 Å². The number of hydrogen-bond donors (Lipinski definition) is 2. The third-order valence-electron chi connectivity index (χ3n) is 5.63. The minimum absolute atomic E-state index is 0.114. The molecule has 31 heavy (non-hydrogen) atoms. The van der Waals surface area contributed by atoms with Gasteiger partial charge in [-0.25, -0.2) is 4.39 Å². The number of likely N-dealkylation sites (tertiary alicyclic amines) is 1. The summed E-state index contributed by atoms with van der Waals surface area (Å²) in [6, 6.07) is 4.91. The van der Waals surface area contributed by atoms with Gasteiger partial charge in [0, 0.05) is 37.7 Å². The van der Waals surface area contributed by atoms with Gasteiger partial charge in [-0.05, 0) is 71.7 Å². The normalized spacial score (nSPS) is 20.6. The lowest BCUT2D eigenvalue weighted by atomic mass is 10.0. The molecule has 0 spiro atoms. The number of hydrogen-bond acceptors (Lipinski definition) is 6. The van der Waals surface area contributed by atoms with Crippen LogP contribution in [0.2, 0.25) is 0 Å². The summed E-state index contributed by atoms with van der Waals surface area (Å²) in [6.07, 6.45) is 6.80. The summed E-state index contributed by atoms with van der Waals surface area (Å²) in [6.45, 7) is 7.36. The molecular weight excluding hydrogens is 395 g/mol. The Morgan fingerprint density at radius 1 is 1.29 bits per heavy atom. The zero-order valence-corrected chi connectivity index (χ0v) is 19.5. The molecule has 1 aromatic rings. The number of benzene rings is 1. The Morgan fingerprint density at radius 2 is 2.03 bits per heavy atom. The fourth-order valence-corrected chi connectivity index (χ4v) is 3.98. The highest BCUT2D eigenvalue weighted by Gasteiger charge is 2.34. The van der Waals surface area contributed by atoms with E-state index in [0.29, 0.717) is 17.9 Å². The monoisotopic (exact) mass is 434 g/mol. The number of rotatable bonds is 8. The van der Waals surface area contributed by atoms with Gasteiger partial charge in [-0.1, -0.05) is 13.0 Å². The van der Waals surface area contributed by atoms with E-state index < -0.39 is 5.82 Å². The van der Waals surface area contributed by atoms with E-state index in [1.807, 2.05) is 7.05 Å². The quantitative estimate of drug-likeness (QED) is 0.614. The molecule has 2 saturated heterocycles. The van der Waals surface area contributed by atoms with Crippen molar-refractivity contribution < 1.29 is 13.9 Å². The van der Waals surface area contributed by atoms with Crippen LogP contribution in [-0.4, -0.2) is 82.1 Å². The van der Waals surface area contributed by atoms with Crippen LogP contribution in [-0.2, 0) is 0 Å². The van der Waals surface area contributed by atoms with Gasteiger partial charge in [0.25, 0.3) is 0 Å². The number of likely N-dealkylation sites (N-methyl/N-ethyl adjacent to an activating group) is 2. The van der Waals surface area contributed by atoms with Gasteiger partial charge < -0.3 is 25.2 Å². The Hall–Kier alpha value is -1.96. The molecule has 0 radical (unpaired) electrons. The molecule has 2 fully saturated rings. The van der Waals surface area contributed by atoms with Gasteiger partial charge in [-0.15, -0.1) is 0 Å². The average molecular weight is 435 g/mol. The summed E-state index contributed by atoms with van der Waals surface area (Å²) in [7, 11) is 6.10. The lowest BCUT2D eigenvalue weighted by Crippen LogP contribution is -2.41. The molecule has 2 aliphatic rings. The molecule has 0 aliphatic carbocycles. The predicted molar refractivity (Wildman–Crippen MR) is 124 cm³/mol. The van der Waals surface area contributed by atoms with Crippen molar-refractivity contribution in [3.8, 4) is 5.75 Å². The molecule has 0 aromatic heterocycles. The Labute approximate surface area is 186 Å². The summed E-state index contributed by atoms with van der Waals surface area (Å²) >= 11 is 0. The Bertz CT molecular complexity index is 705. The molecule has 7 heteroatoms. The molecular formula is C24H39FN4O2. The van der Waals surface area contributed by atoms with Crippen LogP contribution in [0.25, 0.3) is 0 Å². The molecule has 3 rings (SSSR count). The van der Waals surface area contributed by atoms with Crippen LogP contribution in [0.1, 0.15) is 43.0 Å². The maximum absolute atomic E-state index is 14.1. The molecule has 6 nitrogen and oxygen atoms in total. The van der Waals surface area contributed by atoms with Crippen LogP contribution in [0.4, 0.5) is 4.39 Å². The highest BCUT2D eigenvalue weighted by molar-refractivity contribution is 5.75. The first-order chi connectivity index (χ1) is 15.0. The van der Waals surface area contributed by atoms with Gasteiger partial charge in [0.2, 0.25) is 0 Å². The van der Waals surface area contributed by atoms with Gasteiger partial charge in [-0.3, -0.25) is 4.79 Å². The first kappa shape index (κ1) is 25.3. The Morgan fingerprint density at radius 3 is 2.58 bits per heavy atom. The molecule has 2 aliphatic heterocycles. The number of carbonyl (C=O) groups is 1. The number of ether oxygens (including phenoxy) is 1. The van der Waals surface area contributed by atoms with Crippen molar-refractivity contribution in [3.63, 3.8) is 0 Å². The lowest BCUT2D eigenvalue weighted by molar-refractivity contribution is 0.112. The molecule has 0 saturated carbocycles. The Balaban J connectivity index is 0.000000423. The average Bonchev–Trinajstić information content (AvgIpc) is 3.17. The van der Waals surface area contributed by atoms with Crippen molar-refractivity contribution in [3.05, 3.63) is 41.4 Å². The van der Waals surface area contributed by atoms with Crippen LogP contribution in [0.3, 0.4) is 0 Å². The van der Waals surface area contributed by atoms with Gasteiger partial charge in [0.05, 0.1) is 5.70 Å². The molecule has 1 aromatic carbocycles. The van der Waals surface area contributed by atoms with Crippen LogP contribution >= 0.6 is 0 Å². The first-order valence-corrected chi connectivity index (χ1v) is 11.4. The lowest BCUT2D eigenvalue weighted by Gasteiger charge is -2.34. The molecule has 0 bridgehead atoms. The zero-order chi connectivity index (χ0) is 22.6. The maximum atomic E-state index is 14.1. The fraction of sp³-hybridized carbons (Fsp3) is 0.625. The second kappa shape index (κ2) is 13.5. The van der Waals surface area contributed by atoms with E-state index >= 15 is 0 Å². The molecule has 0 amide bonds. The molecule has 174 valence electrons. The highest BCUT2D eigenvalue weighted by atomic mass is 19.1. The number of halogens is 1. The van der Waals surface area contributed by atoms with Gasteiger partial charge in [0.15, 0.2) is 11.6 Å². The van der Waals surface area contributed by atoms with E-state index in [4.69, 9.17) is 4.74 Å². The topological polar surface area (TPSA) is 56.8 Å². The predicted octanol–water partition coefficient (Wildman–Crippen LogP) is 2.90. The summed E-state index contributed by atoms with van der Waals surface area (Å²) in [5.74, 6) is -0.254. The third kappa shape index (κ3) is 7.91. The van der Waals surface area contributed by atoms with Gasteiger partial charge >= 0.3 is 0 Å². The first-order valence-electron chi connectivity index (χ1n) is 11.4. The number of allylic oxidation sites excluding steroid dienone is 1. The highest BCUT2D eigenvalue weighted by Crippen LogP contribution is 2.32. The van der Waals surface area contributed by atoms with E-state index in [9.17, 15) is 9.18 Å². The number of aldehydes is 1. The SMILES string of the molecule is CC/C=C1\C(Oc2ccc(C=O)cc2F)CCN1C1CCNCC1.CNCCN(C)C. The number of nitrogens with one attached hydrogen (secondary N) is 2. The van der Waals surface area contributed by atoms with Crippen molar-refractivity contribution in [2.24, 2.45) is 0 Å². The zero-order valence-electron chi connectivity index (χ0n) is 19.5. The van der Waals surface area contributed by atoms with Crippen molar-refractivity contribution in [2.45, 2.75) is 44.8 Å². The fourth-order valence-electron chi connectivity index (χ4n) is 3.98. The van der Waals surface area contributed by atoms with E-state index in [-0.39, 0.29) is 11.9 Å². The maximum Gasteiger partial charge on any atom is 0.165 e. The van der Waals surface area contributed by atoms with Crippen LogP contribution in [0.15, 0.2) is 30.0 Å². The van der Waals surface area contributed by atoms with Crippen molar-refractivity contribution in [2.75, 3.05) is 53.9 Å². The third-order valence-corrected chi connectivity index (χ3v) is 5.63. The minimum atomic E-state index is -0.476. The van der Waals surface area contributed by atoms with Gasteiger partial charge in [-0.2, -0.15) is 0 Å². The summed E-state index contributed by atoms with van der Waals surface area (Å²) in [5.41, 5.74) is 1.51. The van der Waals surface area contributed by atoms with Crippen molar-refractivity contribution >= 4 is 6.29 Å². The summed E-state index contributed by atoms with van der Waals surface area (Å²) in [5, 5.41) is 6.46.